The number of rotatable bonds is 5. The molecule has 0 radical (unpaired) electrons. The largest absolute Gasteiger partial charge is 0.265 e. The Kier molecular flexibility index (Phi) is 7.97. The van der Waals surface area contributed by atoms with Gasteiger partial charge < -0.3 is 0 Å². The van der Waals surface area contributed by atoms with Gasteiger partial charge in [-0.15, -0.1) is 6.58 Å². The predicted octanol–water partition coefficient (Wildman–Crippen LogP) is 1.33. The summed E-state index contributed by atoms with van der Waals surface area (Å²) < 4.78 is 4.11. The van der Waals surface area contributed by atoms with E-state index in [9.17, 15) is 0 Å². The number of nitrogens with zero attached hydrogens (tertiary/aromatic N) is 4. The second kappa shape index (κ2) is 9.44. The van der Waals surface area contributed by atoms with Crippen molar-refractivity contribution >= 4 is 6.20 Å². The quantitative estimate of drug-likeness (QED) is 0.366. The zero-order valence-corrected chi connectivity index (χ0v) is 10.2. The molecule has 0 unspecified atom stereocenters. The zero-order valence-electron chi connectivity index (χ0n) is 10.2. The number of aromatic nitrogens is 2. The van der Waals surface area contributed by atoms with E-state index in [0.29, 0.717) is 0 Å². The Hall–Kier alpha value is -2.79. The van der Waals surface area contributed by atoms with Crippen molar-refractivity contribution in [3.05, 3.63) is 50.1 Å². The number of nitrogens with one attached hydrogen (secondary N) is 1. The lowest BCUT2D eigenvalue weighted by Gasteiger charge is -1.96. The van der Waals surface area contributed by atoms with E-state index in [-0.39, 0.29) is 0 Å². The molecule has 1 aromatic heterocycles. The lowest BCUT2D eigenvalue weighted by atomic mass is 10.4. The van der Waals surface area contributed by atoms with Gasteiger partial charge in [-0.05, 0) is 0 Å². The normalized spacial score (nSPS) is 7.89. The van der Waals surface area contributed by atoms with Gasteiger partial charge in [0.25, 0.3) is 5.82 Å². The molecule has 0 saturated heterocycles. The molecular weight excluding hydrogens is 226 g/mol. The minimum absolute atomic E-state index is 0.823. The van der Waals surface area contributed by atoms with Crippen molar-refractivity contribution in [2.24, 2.45) is 0 Å². The lowest BCUT2D eigenvalue weighted by Crippen LogP contribution is -2.35. The number of hydrogen-bond acceptors (Lipinski definition) is 3. The monoisotopic (exact) mass is 242 g/mol. The van der Waals surface area contributed by atoms with Gasteiger partial charge in [0.2, 0.25) is 0 Å². The number of hydrogen-bond donors (Lipinski definition) is 1. The molecule has 0 bridgehead atoms. The molecule has 18 heavy (non-hydrogen) atoms. The first-order valence-electron chi connectivity index (χ1n) is 5.21. The van der Waals surface area contributed by atoms with E-state index in [1.807, 2.05) is 29.1 Å². The van der Waals surface area contributed by atoms with Crippen LogP contribution in [0.4, 0.5) is 0 Å². The molecule has 0 fully saturated rings. The Morgan fingerprint density at radius 2 is 1.94 bits per heavy atom. The molecule has 92 valence electrons. The summed E-state index contributed by atoms with van der Waals surface area (Å²) in [5.41, 5.74) is 0. The molecule has 0 atom stereocenters. The van der Waals surface area contributed by atoms with E-state index < -0.39 is 0 Å². The van der Waals surface area contributed by atoms with E-state index in [1.54, 1.807) is 11.5 Å². The third-order valence-corrected chi connectivity index (χ3v) is 2.00. The Bertz CT molecular complexity index is 472. The van der Waals surface area contributed by atoms with Gasteiger partial charge >= 0.3 is 0 Å². The highest BCUT2D eigenvalue weighted by Gasteiger charge is 2.11. The highest BCUT2D eigenvalue weighted by Crippen LogP contribution is 1.97. The molecule has 0 aliphatic carbocycles. The maximum atomic E-state index is 7.48. The maximum Gasteiger partial charge on any atom is 0.265 e. The van der Waals surface area contributed by atoms with Crippen LogP contribution in [-0.2, 0) is 13.0 Å². The molecule has 1 heterocycles. The molecule has 0 saturated carbocycles. The summed E-state index contributed by atoms with van der Waals surface area (Å²) in [5.74, 6) is 1.17. The van der Waals surface area contributed by atoms with Gasteiger partial charge in [0, 0.05) is 0 Å². The van der Waals surface area contributed by atoms with Crippen LogP contribution in [0, 0.1) is 22.9 Å². The van der Waals surface area contributed by atoms with Gasteiger partial charge in [0.15, 0.2) is 12.4 Å². The summed E-state index contributed by atoms with van der Waals surface area (Å²) in [6.45, 7) is 12.0. The molecule has 1 aromatic rings. The van der Waals surface area contributed by atoms with Crippen molar-refractivity contribution in [2.45, 2.75) is 13.0 Å². The van der Waals surface area contributed by atoms with Gasteiger partial charge in [-0.25, -0.2) is 14.5 Å². The van der Waals surface area contributed by atoms with Crippen molar-refractivity contribution < 1.29 is 4.57 Å². The number of allylic oxidation sites excluding steroid dienone is 2. The van der Waals surface area contributed by atoms with Crippen LogP contribution in [0.3, 0.4) is 0 Å². The molecular formula is C13H16N5+. The second-order valence-electron chi connectivity index (χ2n) is 3.09. The second-order valence-corrected chi connectivity index (χ2v) is 3.09. The minimum Gasteiger partial charge on any atom is -0.230 e. The average molecular weight is 242 g/mol. The summed E-state index contributed by atoms with van der Waals surface area (Å²) in [6, 6.07) is 0. The van der Waals surface area contributed by atoms with Gasteiger partial charge in [0.05, 0.1) is 12.6 Å². The third-order valence-electron chi connectivity index (χ3n) is 2.00. The smallest absolute Gasteiger partial charge is 0.230 e. The molecule has 0 aliphatic heterocycles. The van der Waals surface area contributed by atoms with Crippen LogP contribution in [0.5, 0.6) is 0 Å². The Morgan fingerprint density at radius 3 is 2.33 bits per heavy atom. The number of nitriles is 2. The summed E-state index contributed by atoms with van der Waals surface area (Å²) in [4.78, 5) is 0. The minimum atomic E-state index is 0.823. The first-order chi connectivity index (χ1) is 8.74. The predicted molar refractivity (Wildman–Crippen MR) is 69.5 cm³/mol. The van der Waals surface area contributed by atoms with Crippen LogP contribution < -0.4 is 9.88 Å². The van der Waals surface area contributed by atoms with Crippen molar-refractivity contribution in [1.29, 1.82) is 10.5 Å². The molecule has 5 nitrogen and oxygen atoms in total. The Balaban J connectivity index is 0.000000494. The van der Waals surface area contributed by atoms with Gasteiger partial charge in [-0.3, -0.25) is 0 Å². The molecule has 1 N–H and O–H groups in total. The Morgan fingerprint density at radius 1 is 1.28 bits per heavy atom. The fraction of sp³-hybridized carbons (Fsp3) is 0.154. The average Bonchev–Trinajstić information content (AvgIpc) is 2.75. The van der Waals surface area contributed by atoms with Crippen LogP contribution in [-0.4, -0.2) is 4.57 Å². The Labute approximate surface area is 107 Å². The molecule has 5 heteroatoms. The highest BCUT2D eigenvalue weighted by atomic mass is 15.1. The van der Waals surface area contributed by atoms with E-state index in [4.69, 9.17) is 10.5 Å². The van der Waals surface area contributed by atoms with E-state index >= 15 is 0 Å². The third kappa shape index (κ3) is 4.82. The van der Waals surface area contributed by atoms with Crippen molar-refractivity contribution in [3.63, 3.8) is 0 Å². The first kappa shape index (κ1) is 15.2. The summed E-state index contributed by atoms with van der Waals surface area (Å²) >= 11 is 0. The van der Waals surface area contributed by atoms with Crippen LogP contribution in [0.25, 0.3) is 6.20 Å². The van der Waals surface area contributed by atoms with Crippen molar-refractivity contribution in [3.8, 4) is 12.4 Å². The summed E-state index contributed by atoms with van der Waals surface area (Å²) in [7, 11) is 0. The molecule has 0 amide bonds. The van der Waals surface area contributed by atoms with Crippen LogP contribution in [0.2, 0.25) is 0 Å². The fourth-order valence-corrected chi connectivity index (χ4v) is 1.32. The molecule has 0 spiro atoms. The number of imidazole rings is 1. The van der Waals surface area contributed by atoms with Crippen LogP contribution in [0.1, 0.15) is 5.82 Å². The molecule has 1 rings (SSSR count). The zero-order chi connectivity index (χ0) is 13.8. The maximum absolute atomic E-state index is 7.48. The van der Waals surface area contributed by atoms with E-state index in [0.717, 1.165) is 13.0 Å². The SMILES string of the molecule is C=CCc1n(C=C)cc[n+]1CC=C.N#CNC#N. The summed E-state index contributed by atoms with van der Waals surface area (Å²) in [5, 5.41) is 16.7. The van der Waals surface area contributed by atoms with Crippen molar-refractivity contribution in [2.75, 3.05) is 0 Å². The molecule has 0 aromatic carbocycles. The van der Waals surface area contributed by atoms with Gasteiger partial charge in [-0.1, -0.05) is 25.3 Å². The standard InChI is InChI=1S/C11H15N2.C2HN3/c1-4-7-11-12(6-3)9-10-13(11)8-5-2;3-1-5-2-4/h4-6,9-10H,1-3,7-8H2;5H/q+1;. The lowest BCUT2D eigenvalue weighted by molar-refractivity contribution is -0.693. The van der Waals surface area contributed by atoms with Crippen LogP contribution >= 0.6 is 0 Å². The van der Waals surface area contributed by atoms with E-state index in [1.165, 1.54) is 18.2 Å². The van der Waals surface area contributed by atoms with Crippen molar-refractivity contribution in [1.82, 2.24) is 9.88 Å². The van der Waals surface area contributed by atoms with Gasteiger partial charge in [-0.2, -0.15) is 10.5 Å². The van der Waals surface area contributed by atoms with Gasteiger partial charge in [0.1, 0.15) is 18.9 Å². The highest BCUT2D eigenvalue weighted by molar-refractivity contribution is 5.18. The van der Waals surface area contributed by atoms with Crippen LogP contribution in [0.15, 0.2) is 44.3 Å². The molecule has 0 aliphatic rings. The first-order valence-corrected chi connectivity index (χ1v) is 5.21. The topological polar surface area (TPSA) is 68.4 Å². The van der Waals surface area contributed by atoms with E-state index in [2.05, 4.69) is 24.3 Å². The summed E-state index contributed by atoms with van der Waals surface area (Å²) in [6.07, 6.45) is 13.2. The fourth-order valence-electron chi connectivity index (χ4n) is 1.32.